The summed E-state index contributed by atoms with van der Waals surface area (Å²) in [7, 11) is -4.10. The summed E-state index contributed by atoms with van der Waals surface area (Å²) in [6, 6.07) is 13.2. The maximum Gasteiger partial charge on any atom is 0.407 e. The number of aliphatic hydroxyl groups is 1. The predicted molar refractivity (Wildman–Crippen MR) is 179 cm³/mol. The highest BCUT2D eigenvalue weighted by Gasteiger charge is 2.44. The predicted octanol–water partition coefficient (Wildman–Crippen LogP) is 4.59. The van der Waals surface area contributed by atoms with Crippen LogP contribution in [-0.2, 0) is 47.6 Å². The average molecular weight is 691 g/mol. The van der Waals surface area contributed by atoms with Crippen molar-refractivity contribution in [1.29, 1.82) is 0 Å². The topological polar surface area (TPSA) is 151 Å². The van der Waals surface area contributed by atoms with Crippen molar-refractivity contribution in [3.63, 3.8) is 0 Å². The number of nitrogens with one attached hydrogen (secondary N) is 1. The van der Waals surface area contributed by atoms with Crippen LogP contribution in [0.25, 0.3) is 11.0 Å². The molecule has 2 saturated heterocycles. The Bertz CT molecular complexity index is 1570. The molecule has 0 aliphatic carbocycles. The highest BCUT2D eigenvalue weighted by molar-refractivity contribution is 7.90. The van der Waals surface area contributed by atoms with E-state index in [1.807, 2.05) is 51.1 Å². The van der Waals surface area contributed by atoms with Gasteiger partial charge in [-0.2, -0.15) is 4.31 Å². The number of unbranched alkanes of at least 4 members (excludes halogenated alkanes) is 1. The molecule has 2 aliphatic rings. The van der Waals surface area contributed by atoms with E-state index < -0.39 is 45.5 Å². The van der Waals surface area contributed by atoms with Crippen molar-refractivity contribution in [3.05, 3.63) is 65.9 Å². The molecule has 258 valence electrons. The first-order valence-electron chi connectivity index (χ1n) is 16.3. The van der Waals surface area contributed by atoms with Gasteiger partial charge in [-0.05, 0) is 60.1 Å². The molecule has 0 bridgehead atoms. The number of furan rings is 1. The number of sulfonamides is 1. The second-order valence-corrected chi connectivity index (χ2v) is 16.3. The summed E-state index contributed by atoms with van der Waals surface area (Å²) in [5.74, 6) is 0.738. The molecule has 2 aromatic carbocycles. The molecule has 0 radical (unpaired) electrons. The van der Waals surface area contributed by atoms with Gasteiger partial charge in [0.15, 0.2) is 6.29 Å². The standard InChI is InChI=1S/C34H46N2O9S2/c1-4-5-15-46(39)22-25-20-43-31-12-11-26(17-28(25)31)47(40,41)36(18-23(2)3)19-30(37)29(16-24-9-7-6-8-10-24)35-34(38)45-32-21-44-33-27(32)13-14-42-33/h6-12,17,20,23,27,29-30,32-33,37H,4-5,13-16,18-19,21-22H2,1-3H3,(H,35,38). The van der Waals surface area contributed by atoms with E-state index in [2.05, 4.69) is 5.32 Å². The molecule has 0 saturated carbocycles. The molecule has 0 spiro atoms. The highest BCUT2D eigenvalue weighted by atomic mass is 32.2. The second-order valence-electron chi connectivity index (χ2n) is 12.8. The van der Waals surface area contributed by atoms with Gasteiger partial charge in [-0.15, -0.1) is 0 Å². The molecular formula is C34H46N2O9S2. The lowest BCUT2D eigenvalue weighted by Crippen LogP contribution is -2.51. The van der Waals surface area contributed by atoms with Crippen LogP contribution < -0.4 is 5.32 Å². The fraction of sp³-hybridized carbons (Fsp3) is 0.559. The number of fused-ring (bicyclic) bond motifs is 2. The van der Waals surface area contributed by atoms with Gasteiger partial charge in [0, 0.05) is 24.0 Å². The van der Waals surface area contributed by atoms with Crippen molar-refractivity contribution < 1.29 is 41.5 Å². The van der Waals surface area contributed by atoms with Gasteiger partial charge in [0.25, 0.3) is 0 Å². The maximum absolute atomic E-state index is 14.2. The zero-order valence-corrected chi connectivity index (χ0v) is 28.8. The molecular weight excluding hydrogens is 645 g/mol. The minimum Gasteiger partial charge on any atom is -0.616 e. The van der Waals surface area contributed by atoms with E-state index in [0.29, 0.717) is 28.9 Å². The normalized spacial score (nSPS) is 21.6. The molecule has 6 unspecified atom stereocenters. The number of alkyl carbamates (subject to hydrolysis) is 1. The van der Waals surface area contributed by atoms with Gasteiger partial charge in [0.05, 0.1) is 42.4 Å². The Kier molecular flexibility index (Phi) is 12.3. The van der Waals surface area contributed by atoms with E-state index in [1.54, 1.807) is 12.1 Å². The second kappa shape index (κ2) is 16.2. The van der Waals surface area contributed by atoms with Crippen LogP contribution in [0.4, 0.5) is 4.79 Å². The van der Waals surface area contributed by atoms with Crippen LogP contribution in [0.3, 0.4) is 0 Å². The number of amides is 1. The minimum absolute atomic E-state index is 0.0430. The lowest BCUT2D eigenvalue weighted by molar-refractivity contribution is -0.0907. The van der Waals surface area contributed by atoms with Gasteiger partial charge in [-0.3, -0.25) is 0 Å². The number of hydrogen-bond donors (Lipinski definition) is 2. The molecule has 6 atom stereocenters. The Hall–Kier alpha value is -2.65. The number of hydrogen-bond acceptors (Lipinski definition) is 9. The molecule has 3 heterocycles. The van der Waals surface area contributed by atoms with Crippen LogP contribution in [0, 0.1) is 11.8 Å². The first-order chi connectivity index (χ1) is 22.5. The lowest BCUT2D eigenvalue weighted by atomic mass is 10.0. The monoisotopic (exact) mass is 690 g/mol. The molecule has 1 aromatic heterocycles. The van der Waals surface area contributed by atoms with Gasteiger partial charge < -0.3 is 33.6 Å². The van der Waals surface area contributed by atoms with Crippen LogP contribution >= 0.6 is 0 Å². The zero-order valence-electron chi connectivity index (χ0n) is 27.2. The first-order valence-corrected chi connectivity index (χ1v) is 19.3. The van der Waals surface area contributed by atoms with Crippen LogP contribution in [0.2, 0.25) is 0 Å². The summed E-state index contributed by atoms with van der Waals surface area (Å²) < 4.78 is 64.7. The summed E-state index contributed by atoms with van der Waals surface area (Å²) in [6.07, 6.45) is 1.47. The van der Waals surface area contributed by atoms with Crippen LogP contribution in [0.5, 0.6) is 0 Å². The lowest BCUT2D eigenvalue weighted by Gasteiger charge is -2.31. The molecule has 13 heteroatoms. The number of carbonyl (C=O) groups excluding carboxylic acids is 1. The van der Waals surface area contributed by atoms with E-state index in [4.69, 9.17) is 18.6 Å². The maximum atomic E-state index is 14.2. The molecule has 2 fully saturated rings. The van der Waals surface area contributed by atoms with Crippen molar-refractivity contribution in [3.8, 4) is 0 Å². The summed E-state index contributed by atoms with van der Waals surface area (Å²) >= 11 is -1.10. The molecule has 5 rings (SSSR count). The van der Waals surface area contributed by atoms with Crippen LogP contribution in [-0.4, -0.2) is 85.1 Å². The van der Waals surface area contributed by atoms with E-state index in [0.717, 1.165) is 24.8 Å². The third kappa shape index (κ3) is 9.08. The van der Waals surface area contributed by atoms with Crippen molar-refractivity contribution >= 4 is 38.3 Å². The number of benzene rings is 2. The number of ether oxygens (including phenoxy) is 3. The number of aliphatic hydroxyl groups excluding tert-OH is 1. The highest BCUT2D eigenvalue weighted by Crippen LogP contribution is 2.33. The van der Waals surface area contributed by atoms with Crippen molar-refractivity contribution in [2.45, 2.75) is 81.6 Å². The van der Waals surface area contributed by atoms with Gasteiger partial charge in [0.2, 0.25) is 10.0 Å². The Morgan fingerprint density at radius 1 is 1.17 bits per heavy atom. The Balaban J connectivity index is 1.35. The SMILES string of the molecule is CCCC[S+]([O-])Cc1coc2ccc(S(=O)(=O)N(CC(C)C)CC(O)C(Cc3ccccc3)NC(=O)OC3COC4OCCC34)cc12. The minimum atomic E-state index is -4.10. The summed E-state index contributed by atoms with van der Waals surface area (Å²) in [4.78, 5) is 13.2. The quantitative estimate of drug-likeness (QED) is 0.206. The number of nitrogens with zero attached hydrogens (tertiary/aromatic N) is 1. The third-order valence-electron chi connectivity index (χ3n) is 8.57. The zero-order chi connectivity index (χ0) is 33.6. The molecule has 47 heavy (non-hydrogen) atoms. The van der Waals surface area contributed by atoms with Gasteiger partial charge in [-0.1, -0.05) is 57.5 Å². The first kappa shape index (κ1) is 35.7. The molecule has 2 N–H and O–H groups in total. The Morgan fingerprint density at radius 3 is 2.70 bits per heavy atom. The smallest absolute Gasteiger partial charge is 0.407 e. The van der Waals surface area contributed by atoms with Gasteiger partial charge in [-0.25, -0.2) is 13.2 Å². The third-order valence-corrected chi connectivity index (χ3v) is 11.8. The Labute approximate surface area is 280 Å². The summed E-state index contributed by atoms with van der Waals surface area (Å²) in [6.45, 7) is 6.49. The molecule has 3 aromatic rings. The van der Waals surface area contributed by atoms with E-state index in [9.17, 15) is 22.9 Å². The Morgan fingerprint density at radius 2 is 1.96 bits per heavy atom. The fourth-order valence-corrected chi connectivity index (χ4v) is 9.04. The number of rotatable bonds is 16. The summed E-state index contributed by atoms with van der Waals surface area (Å²) in [5.41, 5.74) is 2.06. The van der Waals surface area contributed by atoms with Gasteiger partial charge in [0.1, 0.15) is 23.2 Å². The summed E-state index contributed by atoms with van der Waals surface area (Å²) in [5, 5.41) is 15.0. The van der Waals surface area contributed by atoms with E-state index >= 15 is 0 Å². The molecule has 11 nitrogen and oxygen atoms in total. The van der Waals surface area contributed by atoms with Gasteiger partial charge >= 0.3 is 6.09 Å². The molecule has 2 aliphatic heterocycles. The van der Waals surface area contributed by atoms with Crippen molar-refractivity contribution in [1.82, 2.24) is 9.62 Å². The fourth-order valence-electron chi connectivity index (χ4n) is 6.07. The van der Waals surface area contributed by atoms with Crippen molar-refractivity contribution in [2.75, 3.05) is 32.1 Å². The van der Waals surface area contributed by atoms with Crippen molar-refractivity contribution in [2.24, 2.45) is 11.8 Å². The van der Waals surface area contributed by atoms with E-state index in [-0.39, 0.29) is 54.9 Å². The van der Waals surface area contributed by atoms with E-state index in [1.165, 1.54) is 16.6 Å². The van der Waals surface area contributed by atoms with Crippen LogP contribution in [0.1, 0.15) is 51.2 Å². The molecule has 1 amide bonds. The van der Waals surface area contributed by atoms with Crippen LogP contribution in [0.15, 0.2) is 64.1 Å². The largest absolute Gasteiger partial charge is 0.616 e. The number of carbonyl (C=O) groups is 1. The average Bonchev–Trinajstić information content (AvgIpc) is 3.77.